The van der Waals surface area contributed by atoms with E-state index in [1.165, 1.54) is 37.6 Å². The molecule has 1 heterocycles. The average Bonchev–Trinajstić information content (AvgIpc) is 3.00. The Hall–Kier alpha value is -4.11. The van der Waals surface area contributed by atoms with Crippen molar-refractivity contribution in [3.8, 4) is 5.75 Å². The van der Waals surface area contributed by atoms with Gasteiger partial charge in [0.15, 0.2) is 6.61 Å². The Balaban J connectivity index is 1.56. The molecule has 1 fully saturated rings. The van der Waals surface area contributed by atoms with E-state index >= 15 is 0 Å². The summed E-state index contributed by atoms with van der Waals surface area (Å²) in [6, 6.07) is 20.4. The van der Waals surface area contributed by atoms with Crippen LogP contribution in [-0.2, 0) is 34.4 Å². The molecule has 3 aromatic rings. The Morgan fingerprint density at radius 2 is 1.54 bits per heavy atom. The Kier molecular flexibility index (Phi) is 9.50. The summed E-state index contributed by atoms with van der Waals surface area (Å²) in [7, 11) is -6.90. The molecular weight excluding hydrogens is 572 g/mol. The Morgan fingerprint density at radius 3 is 2.17 bits per heavy atom. The van der Waals surface area contributed by atoms with Gasteiger partial charge in [0, 0.05) is 19.6 Å². The number of amides is 1. The first-order valence-corrected chi connectivity index (χ1v) is 15.3. The van der Waals surface area contributed by atoms with Gasteiger partial charge in [0.2, 0.25) is 20.0 Å². The second-order valence-electron chi connectivity index (χ2n) is 8.79. The first-order chi connectivity index (χ1) is 19.6. The quantitative estimate of drug-likeness (QED) is 0.209. The zero-order chi connectivity index (χ0) is 29.5. The molecule has 41 heavy (non-hydrogen) atoms. The molecule has 0 spiro atoms. The SMILES string of the molecule is COC(=O)COc1cccc(/C=N\NC(=O)[C@H]2CN(S(=O)(=O)c3ccccc3)CCN2S(=O)(=O)c2ccccc2)c1. The van der Waals surface area contributed by atoms with Crippen molar-refractivity contribution in [1.82, 2.24) is 14.0 Å². The van der Waals surface area contributed by atoms with Crippen molar-refractivity contribution in [3.05, 3.63) is 90.5 Å². The number of carbonyl (C=O) groups is 2. The monoisotopic (exact) mass is 600 g/mol. The van der Waals surface area contributed by atoms with Crippen molar-refractivity contribution in [2.45, 2.75) is 15.8 Å². The first kappa shape index (κ1) is 29.9. The molecule has 1 aliphatic heterocycles. The van der Waals surface area contributed by atoms with E-state index in [0.29, 0.717) is 11.3 Å². The molecule has 0 radical (unpaired) electrons. The van der Waals surface area contributed by atoms with Gasteiger partial charge < -0.3 is 9.47 Å². The van der Waals surface area contributed by atoms with E-state index in [1.807, 2.05) is 0 Å². The molecule has 0 bridgehead atoms. The molecule has 1 N–H and O–H groups in total. The summed E-state index contributed by atoms with van der Waals surface area (Å²) in [6.07, 6.45) is 1.31. The fraction of sp³-hybridized carbons (Fsp3) is 0.222. The van der Waals surface area contributed by atoms with Crippen molar-refractivity contribution in [3.63, 3.8) is 0 Å². The summed E-state index contributed by atoms with van der Waals surface area (Å²) in [6.45, 7) is -1.09. The zero-order valence-electron chi connectivity index (χ0n) is 22.0. The maximum Gasteiger partial charge on any atom is 0.343 e. The number of esters is 1. The number of hydrogen-bond acceptors (Lipinski definition) is 9. The molecule has 14 heteroatoms. The topological polar surface area (TPSA) is 152 Å². The van der Waals surface area contributed by atoms with Crippen LogP contribution in [0.15, 0.2) is 99.8 Å². The number of sulfonamides is 2. The van der Waals surface area contributed by atoms with Crippen molar-refractivity contribution in [2.24, 2.45) is 5.10 Å². The lowest BCUT2D eigenvalue weighted by atomic mass is 10.2. The van der Waals surface area contributed by atoms with Crippen molar-refractivity contribution in [1.29, 1.82) is 0 Å². The highest BCUT2D eigenvalue weighted by Crippen LogP contribution is 2.25. The molecule has 1 amide bonds. The third kappa shape index (κ3) is 7.16. The van der Waals surface area contributed by atoms with Crippen LogP contribution in [0.2, 0.25) is 0 Å². The predicted molar refractivity (Wildman–Crippen MR) is 149 cm³/mol. The minimum Gasteiger partial charge on any atom is -0.482 e. The smallest absolute Gasteiger partial charge is 0.343 e. The van der Waals surface area contributed by atoms with Gasteiger partial charge in [-0.3, -0.25) is 4.79 Å². The van der Waals surface area contributed by atoms with Gasteiger partial charge in [-0.15, -0.1) is 0 Å². The zero-order valence-corrected chi connectivity index (χ0v) is 23.6. The van der Waals surface area contributed by atoms with Gasteiger partial charge in [-0.05, 0) is 42.0 Å². The van der Waals surface area contributed by atoms with Gasteiger partial charge in [-0.25, -0.2) is 27.1 Å². The van der Waals surface area contributed by atoms with Crippen LogP contribution >= 0.6 is 0 Å². The summed E-state index contributed by atoms with van der Waals surface area (Å²) < 4.78 is 65.5. The highest BCUT2D eigenvalue weighted by molar-refractivity contribution is 7.89. The van der Waals surface area contributed by atoms with Crippen LogP contribution < -0.4 is 10.2 Å². The lowest BCUT2D eigenvalue weighted by Crippen LogP contribution is -2.60. The molecule has 0 unspecified atom stereocenters. The molecule has 0 saturated carbocycles. The van der Waals surface area contributed by atoms with Crippen LogP contribution in [0.3, 0.4) is 0 Å². The number of nitrogens with zero attached hydrogens (tertiary/aromatic N) is 3. The second kappa shape index (κ2) is 13.0. The number of methoxy groups -OCH3 is 1. The molecule has 1 atom stereocenters. The minimum absolute atomic E-state index is 0.0237. The van der Waals surface area contributed by atoms with E-state index in [-0.39, 0.29) is 29.5 Å². The van der Waals surface area contributed by atoms with Crippen LogP contribution in [0.4, 0.5) is 0 Å². The van der Waals surface area contributed by atoms with Gasteiger partial charge in [-0.2, -0.15) is 13.7 Å². The number of rotatable bonds is 10. The largest absolute Gasteiger partial charge is 0.482 e. The van der Waals surface area contributed by atoms with E-state index < -0.39 is 44.5 Å². The Labute approximate surface area is 238 Å². The highest BCUT2D eigenvalue weighted by atomic mass is 32.2. The third-order valence-electron chi connectivity index (χ3n) is 6.16. The maximum atomic E-state index is 13.5. The molecule has 0 aromatic heterocycles. The number of nitrogens with one attached hydrogen (secondary N) is 1. The number of carbonyl (C=O) groups excluding carboxylic acids is 2. The van der Waals surface area contributed by atoms with E-state index in [4.69, 9.17) is 4.74 Å². The summed E-state index contributed by atoms with van der Waals surface area (Å²) in [4.78, 5) is 24.7. The summed E-state index contributed by atoms with van der Waals surface area (Å²) in [5, 5.41) is 3.94. The van der Waals surface area contributed by atoms with Gasteiger partial charge in [0.25, 0.3) is 5.91 Å². The lowest BCUT2D eigenvalue weighted by Gasteiger charge is -2.38. The number of ether oxygens (including phenoxy) is 2. The molecule has 12 nitrogen and oxygen atoms in total. The van der Waals surface area contributed by atoms with Crippen molar-refractivity contribution < 1.29 is 35.9 Å². The van der Waals surface area contributed by atoms with Crippen LogP contribution in [-0.4, -0.2) is 82.9 Å². The number of piperazine rings is 1. The molecule has 0 aliphatic carbocycles. The summed E-state index contributed by atoms with van der Waals surface area (Å²) in [5.74, 6) is -1.01. The van der Waals surface area contributed by atoms with E-state index in [1.54, 1.807) is 60.7 Å². The van der Waals surface area contributed by atoms with Crippen LogP contribution in [0, 0.1) is 0 Å². The fourth-order valence-corrected chi connectivity index (χ4v) is 7.11. The Morgan fingerprint density at radius 1 is 0.902 bits per heavy atom. The summed E-state index contributed by atoms with van der Waals surface area (Å²) >= 11 is 0. The average molecular weight is 601 g/mol. The van der Waals surface area contributed by atoms with Crippen LogP contribution in [0.5, 0.6) is 5.75 Å². The molecule has 4 rings (SSSR count). The molecule has 1 aliphatic rings. The number of hydrazone groups is 1. The number of benzene rings is 3. The van der Waals surface area contributed by atoms with Gasteiger partial charge in [0.1, 0.15) is 11.8 Å². The highest BCUT2D eigenvalue weighted by Gasteiger charge is 2.43. The fourth-order valence-electron chi connectivity index (χ4n) is 4.06. The maximum absolute atomic E-state index is 13.5. The van der Waals surface area contributed by atoms with Gasteiger partial charge in [-0.1, -0.05) is 48.5 Å². The normalized spacial score (nSPS) is 16.8. The second-order valence-corrected chi connectivity index (χ2v) is 12.6. The van der Waals surface area contributed by atoms with E-state index in [9.17, 15) is 26.4 Å². The number of hydrogen-bond donors (Lipinski definition) is 1. The standard InChI is InChI=1S/C27H28N4O8S2/c1-38-26(32)20-39-22-10-8-9-21(17-22)18-28-29-27(33)25-19-30(40(34,35)23-11-4-2-5-12-23)15-16-31(25)41(36,37)24-13-6-3-7-14-24/h2-14,17-18,25H,15-16,19-20H2,1H3,(H,29,33)/b28-18-/t25-/m1/s1. The van der Waals surface area contributed by atoms with Gasteiger partial charge >= 0.3 is 5.97 Å². The van der Waals surface area contributed by atoms with Crippen LogP contribution in [0.25, 0.3) is 0 Å². The molecule has 3 aromatic carbocycles. The predicted octanol–water partition coefficient (Wildman–Crippen LogP) is 1.45. The lowest BCUT2D eigenvalue weighted by molar-refractivity contribution is -0.142. The van der Waals surface area contributed by atoms with Crippen molar-refractivity contribution in [2.75, 3.05) is 33.4 Å². The third-order valence-corrected chi connectivity index (χ3v) is 9.96. The first-order valence-electron chi connectivity index (χ1n) is 12.4. The Bertz CT molecular complexity index is 1620. The molecule has 1 saturated heterocycles. The minimum atomic E-state index is -4.14. The van der Waals surface area contributed by atoms with Gasteiger partial charge in [0.05, 0.1) is 23.1 Å². The van der Waals surface area contributed by atoms with Crippen molar-refractivity contribution >= 4 is 38.1 Å². The molecule has 216 valence electrons. The summed E-state index contributed by atoms with van der Waals surface area (Å²) in [5.41, 5.74) is 2.85. The van der Waals surface area contributed by atoms with E-state index in [0.717, 1.165) is 8.61 Å². The van der Waals surface area contributed by atoms with E-state index in [2.05, 4.69) is 15.3 Å². The van der Waals surface area contributed by atoms with Crippen LogP contribution in [0.1, 0.15) is 5.56 Å². The molecular formula is C27H28N4O8S2.